The van der Waals surface area contributed by atoms with Crippen molar-refractivity contribution in [3.8, 4) is 0 Å². The van der Waals surface area contributed by atoms with Crippen LogP contribution in [0.15, 0.2) is 12.5 Å². The van der Waals surface area contributed by atoms with Crippen molar-refractivity contribution in [3.63, 3.8) is 0 Å². The summed E-state index contributed by atoms with van der Waals surface area (Å²) in [6, 6.07) is 0. The first kappa shape index (κ1) is 10.0. The summed E-state index contributed by atoms with van der Waals surface area (Å²) in [4.78, 5) is 4.14. The molecule has 1 aliphatic rings. The highest BCUT2D eigenvalue weighted by atomic mass is 35.5. The quantitative estimate of drug-likeness (QED) is 0.704. The predicted octanol–water partition coefficient (Wildman–Crippen LogP) is 3.20. The van der Waals surface area contributed by atoms with Gasteiger partial charge in [0.25, 0.3) is 0 Å². The number of imidazole rings is 1. The molecule has 0 unspecified atom stereocenters. The first-order valence-electron chi connectivity index (χ1n) is 5.45. The van der Waals surface area contributed by atoms with Crippen molar-refractivity contribution in [1.82, 2.24) is 9.55 Å². The fourth-order valence-electron chi connectivity index (χ4n) is 2.27. The molecule has 14 heavy (non-hydrogen) atoms. The Morgan fingerprint density at radius 2 is 2.14 bits per heavy atom. The van der Waals surface area contributed by atoms with Crippen molar-refractivity contribution >= 4 is 11.6 Å². The van der Waals surface area contributed by atoms with Gasteiger partial charge in [-0.25, -0.2) is 4.98 Å². The van der Waals surface area contributed by atoms with Gasteiger partial charge >= 0.3 is 0 Å². The number of aromatic nitrogens is 2. The molecule has 0 radical (unpaired) electrons. The molecule has 0 saturated heterocycles. The van der Waals surface area contributed by atoms with Crippen molar-refractivity contribution < 1.29 is 0 Å². The molecule has 0 spiro atoms. The summed E-state index contributed by atoms with van der Waals surface area (Å²) in [7, 11) is 0. The number of nitrogens with zero attached hydrogens (tertiary/aromatic N) is 2. The highest BCUT2D eigenvalue weighted by Gasteiger charge is 2.14. The summed E-state index contributed by atoms with van der Waals surface area (Å²) < 4.78 is 2.21. The monoisotopic (exact) mass is 212 g/mol. The van der Waals surface area contributed by atoms with E-state index in [1.54, 1.807) is 0 Å². The molecule has 0 bridgehead atoms. The van der Waals surface area contributed by atoms with E-state index in [9.17, 15) is 0 Å². The van der Waals surface area contributed by atoms with Gasteiger partial charge in [0, 0.05) is 12.7 Å². The Kier molecular flexibility index (Phi) is 3.46. The maximum absolute atomic E-state index is 5.83. The van der Waals surface area contributed by atoms with E-state index in [0.29, 0.717) is 5.88 Å². The van der Waals surface area contributed by atoms with E-state index < -0.39 is 0 Å². The van der Waals surface area contributed by atoms with E-state index in [2.05, 4.69) is 9.55 Å². The minimum absolute atomic E-state index is 0.576. The van der Waals surface area contributed by atoms with E-state index in [0.717, 1.165) is 18.2 Å². The minimum Gasteiger partial charge on any atom is -0.333 e. The molecule has 1 fully saturated rings. The third-order valence-electron chi connectivity index (χ3n) is 3.12. The Balaban J connectivity index is 1.95. The first-order chi connectivity index (χ1) is 6.90. The third-order valence-corrected chi connectivity index (χ3v) is 3.39. The maximum atomic E-state index is 5.83. The van der Waals surface area contributed by atoms with Crippen LogP contribution in [0.5, 0.6) is 0 Å². The van der Waals surface area contributed by atoms with Crippen LogP contribution < -0.4 is 0 Å². The van der Waals surface area contributed by atoms with Crippen molar-refractivity contribution in [1.29, 1.82) is 0 Å². The van der Waals surface area contributed by atoms with Gasteiger partial charge in [0.05, 0.1) is 17.9 Å². The van der Waals surface area contributed by atoms with Gasteiger partial charge < -0.3 is 4.57 Å². The van der Waals surface area contributed by atoms with Crippen molar-refractivity contribution in [3.05, 3.63) is 18.2 Å². The molecule has 0 aliphatic heterocycles. The van der Waals surface area contributed by atoms with Crippen LogP contribution in [-0.2, 0) is 12.4 Å². The average molecular weight is 213 g/mol. The average Bonchev–Trinajstić information content (AvgIpc) is 2.67. The van der Waals surface area contributed by atoms with Crippen LogP contribution in [0.25, 0.3) is 0 Å². The Bertz CT molecular complexity index is 277. The third kappa shape index (κ3) is 2.30. The van der Waals surface area contributed by atoms with Crippen molar-refractivity contribution in [2.75, 3.05) is 0 Å². The number of hydrogen-bond donors (Lipinski definition) is 0. The molecule has 0 aromatic carbocycles. The summed E-state index contributed by atoms with van der Waals surface area (Å²) in [6.45, 7) is 1.11. The number of rotatable bonds is 3. The van der Waals surface area contributed by atoms with Gasteiger partial charge in [-0.05, 0) is 18.8 Å². The van der Waals surface area contributed by atoms with E-state index in [-0.39, 0.29) is 0 Å². The number of alkyl halides is 1. The largest absolute Gasteiger partial charge is 0.333 e. The summed E-state index contributed by atoms with van der Waals surface area (Å²) >= 11 is 5.83. The second-order valence-electron chi connectivity index (χ2n) is 4.18. The lowest BCUT2D eigenvalue weighted by molar-refractivity contribution is 0.317. The van der Waals surface area contributed by atoms with Crippen molar-refractivity contribution in [2.45, 2.75) is 44.5 Å². The molecule has 1 aliphatic carbocycles. The van der Waals surface area contributed by atoms with Gasteiger partial charge in [-0.2, -0.15) is 0 Å². The molecular formula is C11H17ClN2. The predicted molar refractivity (Wildman–Crippen MR) is 58.4 cm³/mol. The number of halogens is 1. The minimum atomic E-state index is 0.576. The van der Waals surface area contributed by atoms with Gasteiger partial charge in [-0.1, -0.05) is 19.3 Å². The van der Waals surface area contributed by atoms with E-state index in [1.165, 1.54) is 32.1 Å². The molecule has 0 N–H and O–H groups in total. The van der Waals surface area contributed by atoms with Crippen molar-refractivity contribution in [2.24, 2.45) is 5.92 Å². The van der Waals surface area contributed by atoms with Crippen LogP contribution in [0.2, 0.25) is 0 Å². The molecule has 0 atom stereocenters. The van der Waals surface area contributed by atoms with Crippen LogP contribution >= 0.6 is 11.6 Å². The van der Waals surface area contributed by atoms with Crippen LogP contribution in [0, 0.1) is 5.92 Å². The summed E-state index contributed by atoms with van der Waals surface area (Å²) in [6.07, 6.45) is 10.7. The highest BCUT2D eigenvalue weighted by Crippen LogP contribution is 2.25. The van der Waals surface area contributed by atoms with Crippen LogP contribution in [-0.4, -0.2) is 9.55 Å². The fraction of sp³-hybridized carbons (Fsp3) is 0.727. The smallest absolute Gasteiger partial charge is 0.0948 e. The van der Waals surface area contributed by atoms with E-state index >= 15 is 0 Å². The molecule has 1 heterocycles. The molecule has 0 amide bonds. The first-order valence-corrected chi connectivity index (χ1v) is 5.98. The SMILES string of the molecule is ClCc1cncn1CC1CCCCC1. The van der Waals surface area contributed by atoms with Crippen LogP contribution in [0.4, 0.5) is 0 Å². The summed E-state index contributed by atoms with van der Waals surface area (Å²) in [5, 5.41) is 0. The maximum Gasteiger partial charge on any atom is 0.0948 e. The molecule has 1 saturated carbocycles. The zero-order valence-electron chi connectivity index (χ0n) is 8.45. The fourth-order valence-corrected chi connectivity index (χ4v) is 2.49. The molecule has 1 aromatic rings. The van der Waals surface area contributed by atoms with E-state index in [4.69, 9.17) is 11.6 Å². The lowest BCUT2D eigenvalue weighted by atomic mass is 9.89. The van der Waals surface area contributed by atoms with E-state index in [1.807, 2.05) is 12.5 Å². The Morgan fingerprint density at radius 3 is 2.86 bits per heavy atom. The second kappa shape index (κ2) is 4.83. The molecule has 2 rings (SSSR count). The van der Waals surface area contributed by atoms with Crippen LogP contribution in [0.3, 0.4) is 0 Å². The normalized spacial score (nSPS) is 18.6. The summed E-state index contributed by atoms with van der Waals surface area (Å²) in [5.41, 5.74) is 1.15. The van der Waals surface area contributed by atoms with Gasteiger partial charge in [-0.15, -0.1) is 11.6 Å². The number of hydrogen-bond acceptors (Lipinski definition) is 1. The van der Waals surface area contributed by atoms with Gasteiger partial charge in [0.1, 0.15) is 0 Å². The Morgan fingerprint density at radius 1 is 1.36 bits per heavy atom. The lowest BCUT2D eigenvalue weighted by Crippen LogP contribution is -2.14. The molecule has 1 aromatic heterocycles. The summed E-state index contributed by atoms with van der Waals surface area (Å²) in [5.74, 6) is 1.42. The standard InChI is InChI=1S/C11H17ClN2/c12-6-11-7-13-9-14(11)8-10-4-2-1-3-5-10/h7,9-10H,1-6,8H2. The molecule has 3 heteroatoms. The highest BCUT2D eigenvalue weighted by molar-refractivity contribution is 6.16. The topological polar surface area (TPSA) is 17.8 Å². The van der Waals surface area contributed by atoms with Gasteiger partial charge in [0.2, 0.25) is 0 Å². The lowest BCUT2D eigenvalue weighted by Gasteiger charge is -2.22. The molecule has 78 valence electrons. The molecular weight excluding hydrogens is 196 g/mol. The van der Waals surface area contributed by atoms with Gasteiger partial charge in [0.15, 0.2) is 0 Å². The Labute approximate surface area is 90.3 Å². The second-order valence-corrected chi connectivity index (χ2v) is 4.44. The molecule has 2 nitrogen and oxygen atoms in total. The zero-order valence-corrected chi connectivity index (χ0v) is 9.21. The zero-order chi connectivity index (χ0) is 9.80. The Hall–Kier alpha value is -0.500. The van der Waals surface area contributed by atoms with Crippen LogP contribution in [0.1, 0.15) is 37.8 Å². The van der Waals surface area contributed by atoms with Gasteiger partial charge in [-0.3, -0.25) is 0 Å².